The number of aryl methyl sites for hydroxylation is 2. The predicted molar refractivity (Wildman–Crippen MR) is 92.4 cm³/mol. The van der Waals surface area contributed by atoms with Crippen molar-refractivity contribution in [2.24, 2.45) is 7.05 Å². The number of ether oxygens (including phenoxy) is 1. The van der Waals surface area contributed by atoms with Gasteiger partial charge in [0.05, 0.1) is 31.2 Å². The molecule has 2 amide bonds. The molecule has 3 aromatic rings. The number of hydrogen-bond acceptors (Lipinski definition) is 6. The molecular formula is C15H18N6O2S. The van der Waals surface area contributed by atoms with Crippen molar-refractivity contribution in [3.63, 3.8) is 0 Å². The molecule has 3 rings (SSSR count). The van der Waals surface area contributed by atoms with E-state index in [4.69, 9.17) is 4.74 Å². The molecule has 1 N–H and O–H groups in total. The van der Waals surface area contributed by atoms with Gasteiger partial charge in [-0.3, -0.25) is 4.68 Å². The first-order valence-corrected chi connectivity index (χ1v) is 8.06. The van der Waals surface area contributed by atoms with Crippen molar-refractivity contribution in [1.82, 2.24) is 24.0 Å². The third-order valence-electron chi connectivity index (χ3n) is 3.60. The average molecular weight is 346 g/mol. The van der Waals surface area contributed by atoms with Crippen molar-refractivity contribution < 1.29 is 9.53 Å². The topological polar surface area (TPSA) is 85.2 Å². The van der Waals surface area contributed by atoms with Crippen LogP contribution in [-0.2, 0) is 13.6 Å². The maximum absolute atomic E-state index is 12.3. The highest BCUT2D eigenvalue weighted by Gasteiger charge is 2.13. The highest BCUT2D eigenvalue weighted by Crippen LogP contribution is 2.20. The van der Waals surface area contributed by atoms with Gasteiger partial charge >= 0.3 is 6.03 Å². The minimum Gasteiger partial charge on any atom is -0.480 e. The summed E-state index contributed by atoms with van der Waals surface area (Å²) in [5.41, 5.74) is 2.30. The molecular weight excluding hydrogens is 328 g/mol. The van der Waals surface area contributed by atoms with Crippen LogP contribution in [0.4, 0.5) is 10.5 Å². The van der Waals surface area contributed by atoms with Crippen molar-refractivity contribution in [1.29, 1.82) is 0 Å². The molecule has 0 aromatic carbocycles. The second kappa shape index (κ2) is 6.44. The summed E-state index contributed by atoms with van der Waals surface area (Å²) in [6.07, 6.45) is 1.63. The number of methoxy groups -OCH3 is 1. The molecule has 0 spiro atoms. The number of nitrogens with zero attached hydrogens (tertiary/aromatic N) is 5. The fourth-order valence-electron chi connectivity index (χ4n) is 2.37. The highest BCUT2D eigenvalue weighted by molar-refractivity contribution is 7.05. The molecule has 0 radical (unpaired) electrons. The van der Waals surface area contributed by atoms with Gasteiger partial charge < -0.3 is 15.0 Å². The Morgan fingerprint density at radius 1 is 1.46 bits per heavy atom. The number of rotatable bonds is 4. The number of nitrogens with one attached hydrogen (secondary N) is 1. The Labute approximate surface area is 143 Å². The smallest absolute Gasteiger partial charge is 0.321 e. The molecule has 8 nitrogen and oxygen atoms in total. The van der Waals surface area contributed by atoms with Gasteiger partial charge in [0.1, 0.15) is 0 Å². The van der Waals surface area contributed by atoms with Gasteiger partial charge in [0.2, 0.25) is 5.88 Å². The summed E-state index contributed by atoms with van der Waals surface area (Å²) in [6, 6.07) is 3.48. The van der Waals surface area contributed by atoms with Gasteiger partial charge in [0.15, 0.2) is 5.65 Å². The van der Waals surface area contributed by atoms with E-state index >= 15 is 0 Å². The Kier molecular flexibility index (Phi) is 4.34. The molecule has 3 aromatic heterocycles. The summed E-state index contributed by atoms with van der Waals surface area (Å²) in [6.45, 7) is 2.37. The summed E-state index contributed by atoms with van der Waals surface area (Å²) in [7, 11) is 5.14. The second-order valence-electron chi connectivity index (χ2n) is 5.43. The lowest BCUT2D eigenvalue weighted by Gasteiger charge is -2.16. The van der Waals surface area contributed by atoms with Crippen molar-refractivity contribution in [2.45, 2.75) is 13.5 Å². The minimum atomic E-state index is -0.218. The molecule has 0 saturated carbocycles. The Balaban J connectivity index is 1.70. The number of anilines is 1. The number of hydrogen-bond donors (Lipinski definition) is 1. The van der Waals surface area contributed by atoms with E-state index in [1.807, 2.05) is 26.1 Å². The van der Waals surface area contributed by atoms with E-state index in [1.165, 1.54) is 11.5 Å². The lowest BCUT2D eigenvalue weighted by molar-refractivity contribution is 0.221. The third kappa shape index (κ3) is 3.16. The summed E-state index contributed by atoms with van der Waals surface area (Å²) >= 11 is 1.31. The first kappa shape index (κ1) is 16.2. The fourth-order valence-corrected chi connectivity index (χ4v) is 3.10. The summed E-state index contributed by atoms with van der Waals surface area (Å²) in [5, 5.41) is 8.10. The molecule has 126 valence electrons. The van der Waals surface area contributed by atoms with E-state index < -0.39 is 0 Å². The van der Waals surface area contributed by atoms with E-state index in [0.29, 0.717) is 18.1 Å². The molecule has 3 heterocycles. The summed E-state index contributed by atoms with van der Waals surface area (Å²) in [4.78, 5) is 19.2. The van der Waals surface area contributed by atoms with Crippen LogP contribution in [-0.4, -0.2) is 44.2 Å². The third-order valence-corrected chi connectivity index (χ3v) is 4.35. The average Bonchev–Trinajstić information content (AvgIpc) is 3.12. The number of pyridine rings is 1. The monoisotopic (exact) mass is 346 g/mol. The number of carbonyl (C=O) groups excluding carboxylic acids is 1. The van der Waals surface area contributed by atoms with Gasteiger partial charge in [-0.1, -0.05) is 0 Å². The van der Waals surface area contributed by atoms with Crippen LogP contribution in [0.3, 0.4) is 0 Å². The molecule has 9 heteroatoms. The van der Waals surface area contributed by atoms with Crippen molar-refractivity contribution in [2.75, 3.05) is 19.5 Å². The molecule has 0 aliphatic carbocycles. The largest absolute Gasteiger partial charge is 0.480 e. The molecule has 0 fully saturated rings. The number of fused-ring (bicyclic) bond motifs is 1. The maximum atomic E-state index is 12.3. The summed E-state index contributed by atoms with van der Waals surface area (Å²) in [5.74, 6) is 0.561. The van der Waals surface area contributed by atoms with E-state index in [1.54, 1.807) is 29.9 Å². The number of aromatic nitrogens is 4. The number of urea groups is 1. The Morgan fingerprint density at radius 3 is 2.96 bits per heavy atom. The van der Waals surface area contributed by atoms with Gasteiger partial charge in [-0.2, -0.15) is 9.47 Å². The van der Waals surface area contributed by atoms with Crippen molar-refractivity contribution in [3.8, 4) is 5.88 Å². The normalized spacial score (nSPS) is 10.8. The SMILES string of the molecule is COc1cc(CN(C)C(=O)Nc2cnc3c(c2)c(C)nn3C)sn1. The first-order chi connectivity index (χ1) is 11.5. The lowest BCUT2D eigenvalue weighted by atomic mass is 10.2. The zero-order chi connectivity index (χ0) is 17.3. The molecule has 0 aliphatic rings. The maximum Gasteiger partial charge on any atom is 0.321 e. The second-order valence-corrected chi connectivity index (χ2v) is 6.32. The van der Waals surface area contributed by atoms with Gasteiger partial charge in [0, 0.05) is 30.4 Å². The molecule has 0 saturated heterocycles. The van der Waals surface area contributed by atoms with Crippen LogP contribution in [0.1, 0.15) is 10.6 Å². The van der Waals surface area contributed by atoms with Crippen molar-refractivity contribution in [3.05, 3.63) is 28.9 Å². The number of carbonyl (C=O) groups is 1. The molecule has 0 unspecified atom stereocenters. The van der Waals surface area contributed by atoms with E-state index in [9.17, 15) is 4.79 Å². The Morgan fingerprint density at radius 2 is 2.25 bits per heavy atom. The fraction of sp³-hybridized carbons (Fsp3) is 0.333. The standard InChI is InChI=1S/C15H18N6O2S/c1-9-12-5-10(7-16-14(12)21(3)18-9)17-15(22)20(2)8-11-6-13(23-4)19-24-11/h5-7H,8H2,1-4H3,(H,17,22). The minimum absolute atomic E-state index is 0.218. The van der Waals surface area contributed by atoms with Crippen LogP contribution in [0.15, 0.2) is 18.3 Å². The molecule has 24 heavy (non-hydrogen) atoms. The van der Waals surface area contributed by atoms with Crippen molar-refractivity contribution >= 4 is 34.3 Å². The zero-order valence-electron chi connectivity index (χ0n) is 13.9. The van der Waals surface area contributed by atoms with E-state index in [2.05, 4.69) is 19.8 Å². The van der Waals surface area contributed by atoms with Gasteiger partial charge in [-0.15, -0.1) is 0 Å². The number of amides is 2. The lowest BCUT2D eigenvalue weighted by Crippen LogP contribution is -2.30. The van der Waals surface area contributed by atoms with Crippen LogP contribution in [0.5, 0.6) is 5.88 Å². The highest BCUT2D eigenvalue weighted by atomic mass is 32.1. The van der Waals surface area contributed by atoms with Gasteiger partial charge in [0.25, 0.3) is 0 Å². The van der Waals surface area contributed by atoms with Crippen LogP contribution in [0.2, 0.25) is 0 Å². The molecule has 0 atom stereocenters. The van der Waals surface area contributed by atoms with Crippen LogP contribution in [0.25, 0.3) is 11.0 Å². The Hall–Kier alpha value is -2.68. The van der Waals surface area contributed by atoms with E-state index in [0.717, 1.165) is 21.6 Å². The van der Waals surface area contributed by atoms with Crippen LogP contribution >= 0.6 is 11.5 Å². The van der Waals surface area contributed by atoms with Crippen LogP contribution < -0.4 is 10.1 Å². The predicted octanol–water partition coefficient (Wildman–Crippen LogP) is 2.41. The van der Waals surface area contributed by atoms with Gasteiger partial charge in [-0.05, 0) is 24.5 Å². The van der Waals surface area contributed by atoms with E-state index in [-0.39, 0.29) is 6.03 Å². The quantitative estimate of drug-likeness (QED) is 0.784. The zero-order valence-corrected chi connectivity index (χ0v) is 14.7. The summed E-state index contributed by atoms with van der Waals surface area (Å²) < 4.78 is 10.9. The Bertz CT molecular complexity index is 887. The molecule has 0 aliphatic heterocycles. The van der Waals surface area contributed by atoms with Crippen LogP contribution in [0, 0.1) is 6.92 Å². The van der Waals surface area contributed by atoms with Gasteiger partial charge in [-0.25, -0.2) is 9.78 Å². The first-order valence-electron chi connectivity index (χ1n) is 7.29. The molecule has 0 bridgehead atoms.